The van der Waals surface area contributed by atoms with Crippen molar-refractivity contribution in [2.45, 2.75) is 13.1 Å². The predicted octanol–water partition coefficient (Wildman–Crippen LogP) is 3.72. The largest absolute Gasteiger partial charge is 0.417 e. The molecule has 0 spiro atoms. The van der Waals surface area contributed by atoms with E-state index in [-0.39, 0.29) is 11.4 Å². The van der Waals surface area contributed by atoms with Crippen molar-refractivity contribution in [2.75, 3.05) is 0 Å². The van der Waals surface area contributed by atoms with Crippen LogP contribution in [0.5, 0.6) is 0 Å². The molecule has 6 heteroatoms. The summed E-state index contributed by atoms with van der Waals surface area (Å²) in [7, 11) is 0. The molecule has 0 aliphatic carbocycles. The smallest absolute Gasteiger partial charge is 0.299 e. The molecule has 102 valence electrons. The summed E-state index contributed by atoms with van der Waals surface area (Å²) in [5.74, 6) is 0.249. The second-order valence-electron chi connectivity index (χ2n) is 4.40. The number of alkyl halides is 3. The number of imidazole rings is 1. The van der Waals surface area contributed by atoms with Crippen LogP contribution in [0.3, 0.4) is 0 Å². The molecule has 0 aromatic carbocycles. The lowest BCUT2D eigenvalue weighted by molar-refractivity contribution is -0.137. The molecule has 0 saturated carbocycles. The maximum atomic E-state index is 13.1. The van der Waals surface area contributed by atoms with E-state index in [1.165, 1.54) is 6.20 Å². The summed E-state index contributed by atoms with van der Waals surface area (Å²) in [6.45, 7) is 1.77. The summed E-state index contributed by atoms with van der Waals surface area (Å²) in [5, 5.41) is 0. The lowest BCUT2D eigenvalue weighted by atomic mass is 10.1. The van der Waals surface area contributed by atoms with Crippen molar-refractivity contribution in [3.8, 4) is 11.4 Å². The molecule has 0 aliphatic heterocycles. The number of pyridine rings is 2. The first-order valence-corrected chi connectivity index (χ1v) is 5.94. The molecule has 3 aromatic rings. The highest BCUT2D eigenvalue weighted by Gasteiger charge is 2.34. The van der Waals surface area contributed by atoms with Crippen LogP contribution in [0.1, 0.15) is 11.3 Å². The monoisotopic (exact) mass is 277 g/mol. The third-order valence-corrected chi connectivity index (χ3v) is 3.10. The molecule has 0 bridgehead atoms. The van der Waals surface area contributed by atoms with Crippen molar-refractivity contribution in [3.05, 3.63) is 54.1 Å². The van der Waals surface area contributed by atoms with Crippen LogP contribution in [-0.2, 0) is 6.18 Å². The van der Waals surface area contributed by atoms with Crippen LogP contribution < -0.4 is 0 Å². The standard InChI is InChI=1S/C14H10F3N3/c1-9-12-4-2-3-7-20(12)13(19-9)10-8-18-6-5-11(10)14(15,16)17/h2-8H,1H3. The van der Waals surface area contributed by atoms with Crippen LogP contribution in [0.15, 0.2) is 42.9 Å². The molecule has 3 heterocycles. The molecule has 0 aliphatic rings. The summed E-state index contributed by atoms with van der Waals surface area (Å²) in [4.78, 5) is 8.06. The Balaban J connectivity index is 2.33. The van der Waals surface area contributed by atoms with Crippen molar-refractivity contribution >= 4 is 5.52 Å². The SMILES string of the molecule is Cc1nc(-c2cnccc2C(F)(F)F)n2ccccc12. The van der Waals surface area contributed by atoms with Gasteiger partial charge in [-0.25, -0.2) is 4.98 Å². The van der Waals surface area contributed by atoms with Crippen molar-refractivity contribution in [1.29, 1.82) is 0 Å². The van der Waals surface area contributed by atoms with Gasteiger partial charge in [0.25, 0.3) is 0 Å². The van der Waals surface area contributed by atoms with Gasteiger partial charge in [0.1, 0.15) is 5.82 Å². The highest BCUT2D eigenvalue weighted by molar-refractivity contribution is 5.67. The van der Waals surface area contributed by atoms with E-state index in [0.29, 0.717) is 5.69 Å². The van der Waals surface area contributed by atoms with Crippen molar-refractivity contribution < 1.29 is 13.2 Å². The second kappa shape index (κ2) is 4.33. The molecule has 20 heavy (non-hydrogen) atoms. The Hall–Kier alpha value is -2.37. The molecule has 0 radical (unpaired) electrons. The average molecular weight is 277 g/mol. The maximum Gasteiger partial charge on any atom is 0.417 e. The van der Waals surface area contributed by atoms with Crippen LogP contribution >= 0.6 is 0 Å². The first kappa shape index (κ1) is 12.7. The highest BCUT2D eigenvalue weighted by atomic mass is 19.4. The van der Waals surface area contributed by atoms with Crippen molar-refractivity contribution in [1.82, 2.24) is 14.4 Å². The summed E-state index contributed by atoms with van der Waals surface area (Å²) in [6.07, 6.45) is -0.413. The summed E-state index contributed by atoms with van der Waals surface area (Å²) in [5.41, 5.74) is 0.703. The zero-order valence-electron chi connectivity index (χ0n) is 10.5. The Labute approximate surface area is 112 Å². The van der Waals surface area contributed by atoms with Gasteiger partial charge in [0.05, 0.1) is 16.8 Å². The van der Waals surface area contributed by atoms with Gasteiger partial charge in [0, 0.05) is 24.2 Å². The van der Waals surface area contributed by atoms with Crippen LogP contribution in [-0.4, -0.2) is 14.4 Å². The fourth-order valence-corrected chi connectivity index (χ4v) is 2.20. The number of aromatic nitrogens is 3. The number of halogens is 3. The second-order valence-corrected chi connectivity index (χ2v) is 4.40. The maximum absolute atomic E-state index is 13.1. The van der Waals surface area contributed by atoms with Gasteiger partial charge in [-0.05, 0) is 25.1 Å². The molecule has 3 aromatic heterocycles. The van der Waals surface area contributed by atoms with Crippen LogP contribution in [0.2, 0.25) is 0 Å². The molecule has 0 atom stereocenters. The Kier molecular flexibility index (Phi) is 2.74. The fourth-order valence-electron chi connectivity index (χ4n) is 2.20. The van der Waals surface area contributed by atoms with Crippen molar-refractivity contribution in [2.24, 2.45) is 0 Å². The van der Waals surface area contributed by atoms with E-state index in [1.54, 1.807) is 23.6 Å². The van der Waals surface area contributed by atoms with E-state index in [1.807, 2.05) is 12.1 Å². The molecule has 3 nitrogen and oxygen atoms in total. The van der Waals surface area contributed by atoms with Crippen LogP contribution in [0, 0.1) is 6.92 Å². The van der Waals surface area contributed by atoms with Crippen LogP contribution in [0.25, 0.3) is 16.9 Å². The topological polar surface area (TPSA) is 30.2 Å². The van der Waals surface area contributed by atoms with E-state index in [0.717, 1.165) is 17.8 Å². The number of hydrogen-bond acceptors (Lipinski definition) is 2. The predicted molar refractivity (Wildman–Crippen MR) is 68.2 cm³/mol. The fraction of sp³-hybridized carbons (Fsp3) is 0.143. The summed E-state index contributed by atoms with van der Waals surface area (Å²) in [6, 6.07) is 6.35. The normalized spacial score (nSPS) is 12.0. The summed E-state index contributed by atoms with van der Waals surface area (Å²) >= 11 is 0. The first-order chi connectivity index (χ1) is 9.48. The Morgan fingerprint density at radius 2 is 1.95 bits per heavy atom. The Bertz CT molecular complexity index is 775. The third-order valence-electron chi connectivity index (χ3n) is 3.10. The Morgan fingerprint density at radius 1 is 1.15 bits per heavy atom. The molecule has 0 saturated heterocycles. The van der Waals surface area contributed by atoms with E-state index in [4.69, 9.17) is 0 Å². The number of rotatable bonds is 1. The minimum atomic E-state index is -4.44. The van der Waals surface area contributed by atoms with Gasteiger partial charge in [0.15, 0.2) is 0 Å². The molecule has 3 rings (SSSR count). The summed E-state index contributed by atoms with van der Waals surface area (Å²) < 4.78 is 40.9. The van der Waals surface area contributed by atoms with Gasteiger partial charge in [0.2, 0.25) is 0 Å². The van der Waals surface area contributed by atoms with Gasteiger partial charge in [-0.15, -0.1) is 0 Å². The van der Waals surface area contributed by atoms with Crippen LogP contribution in [0.4, 0.5) is 13.2 Å². The average Bonchev–Trinajstić information content (AvgIpc) is 2.76. The zero-order chi connectivity index (χ0) is 14.3. The van der Waals surface area contributed by atoms with E-state index >= 15 is 0 Å². The molecule has 0 N–H and O–H groups in total. The molecular formula is C14H10F3N3. The Morgan fingerprint density at radius 3 is 2.70 bits per heavy atom. The lowest BCUT2D eigenvalue weighted by Crippen LogP contribution is -2.08. The molecule has 0 unspecified atom stereocenters. The third kappa shape index (κ3) is 1.93. The van der Waals surface area contributed by atoms with E-state index in [9.17, 15) is 13.2 Å². The van der Waals surface area contributed by atoms with Gasteiger partial charge in [-0.1, -0.05) is 6.07 Å². The van der Waals surface area contributed by atoms with Crippen molar-refractivity contribution in [3.63, 3.8) is 0 Å². The first-order valence-electron chi connectivity index (χ1n) is 5.94. The molecule has 0 fully saturated rings. The number of aryl methyl sites for hydroxylation is 1. The van der Waals surface area contributed by atoms with Gasteiger partial charge in [-0.2, -0.15) is 13.2 Å². The van der Waals surface area contributed by atoms with Gasteiger partial charge >= 0.3 is 6.18 Å². The van der Waals surface area contributed by atoms with E-state index in [2.05, 4.69) is 9.97 Å². The van der Waals surface area contributed by atoms with Gasteiger partial charge in [-0.3, -0.25) is 9.38 Å². The highest BCUT2D eigenvalue weighted by Crippen LogP contribution is 2.36. The quantitative estimate of drug-likeness (QED) is 0.678. The number of hydrogen-bond donors (Lipinski definition) is 0. The number of nitrogens with zero attached hydrogens (tertiary/aromatic N) is 3. The minimum Gasteiger partial charge on any atom is -0.299 e. The minimum absolute atomic E-state index is 0.0192. The zero-order valence-corrected chi connectivity index (χ0v) is 10.5. The lowest BCUT2D eigenvalue weighted by Gasteiger charge is -2.11. The van der Waals surface area contributed by atoms with Gasteiger partial charge < -0.3 is 0 Å². The molecule has 0 amide bonds. The number of fused-ring (bicyclic) bond motifs is 1. The van der Waals surface area contributed by atoms with E-state index < -0.39 is 11.7 Å². The molecular weight excluding hydrogens is 267 g/mol.